The first-order chi connectivity index (χ1) is 10.8. The van der Waals surface area contributed by atoms with Crippen molar-refractivity contribution < 1.29 is 13.6 Å². The van der Waals surface area contributed by atoms with Gasteiger partial charge in [-0.1, -0.05) is 0 Å². The maximum atomic E-state index is 13.5. The lowest BCUT2D eigenvalue weighted by atomic mass is 10.1. The molecule has 0 unspecified atom stereocenters. The first kappa shape index (κ1) is 15.6. The summed E-state index contributed by atoms with van der Waals surface area (Å²) in [4.78, 5) is 12.5. The van der Waals surface area contributed by atoms with E-state index >= 15 is 0 Å². The van der Waals surface area contributed by atoms with Crippen molar-refractivity contribution in [2.75, 3.05) is 0 Å². The molecule has 0 bridgehead atoms. The molecule has 1 aliphatic carbocycles. The van der Waals surface area contributed by atoms with Gasteiger partial charge in [0, 0.05) is 22.9 Å². The van der Waals surface area contributed by atoms with Gasteiger partial charge in [0.15, 0.2) is 17.3 Å². The van der Waals surface area contributed by atoms with E-state index in [0.29, 0.717) is 11.4 Å². The molecule has 0 saturated carbocycles. The van der Waals surface area contributed by atoms with Gasteiger partial charge in [0.25, 0.3) is 5.91 Å². The first-order valence-corrected chi connectivity index (χ1v) is 7.65. The fraction of sp³-hybridized carbons (Fsp3) is 0.412. The minimum atomic E-state index is -0.926. The fourth-order valence-electron chi connectivity index (χ4n) is 2.85. The maximum absolute atomic E-state index is 13.5. The van der Waals surface area contributed by atoms with Crippen LogP contribution in [0.5, 0.6) is 0 Å². The number of halogens is 2. The predicted octanol–water partition coefficient (Wildman–Crippen LogP) is 3.17. The molecule has 1 aromatic carbocycles. The first-order valence-electron chi connectivity index (χ1n) is 7.65. The smallest absolute Gasteiger partial charge is 0.272 e. The van der Waals surface area contributed by atoms with Crippen LogP contribution in [0, 0.1) is 11.6 Å². The van der Waals surface area contributed by atoms with Crippen LogP contribution < -0.4 is 5.32 Å². The molecule has 3 rings (SSSR count). The number of nitrogens with zero attached hydrogens (tertiary/aromatic N) is 2. The van der Waals surface area contributed by atoms with Crippen LogP contribution >= 0.6 is 0 Å². The molecular weight excluding hydrogens is 300 g/mol. The van der Waals surface area contributed by atoms with Gasteiger partial charge in [0.1, 0.15) is 0 Å². The third-order valence-electron chi connectivity index (χ3n) is 3.78. The average Bonchev–Trinajstić information content (AvgIpc) is 3.01. The van der Waals surface area contributed by atoms with Gasteiger partial charge in [0.05, 0.1) is 5.69 Å². The van der Waals surface area contributed by atoms with Crippen molar-refractivity contribution in [1.29, 1.82) is 0 Å². The Morgan fingerprint density at radius 1 is 1.22 bits per heavy atom. The number of carbonyl (C=O) groups excluding carboxylic acids is 1. The highest BCUT2D eigenvalue weighted by Gasteiger charge is 2.28. The van der Waals surface area contributed by atoms with E-state index < -0.39 is 11.6 Å². The molecule has 4 nitrogen and oxygen atoms in total. The quantitative estimate of drug-likeness (QED) is 0.924. The normalized spacial score (nSPS) is 14.0. The number of aromatic nitrogens is 2. The van der Waals surface area contributed by atoms with Crippen molar-refractivity contribution >= 4 is 5.91 Å². The highest BCUT2D eigenvalue weighted by Crippen LogP contribution is 2.28. The van der Waals surface area contributed by atoms with Gasteiger partial charge < -0.3 is 5.32 Å². The minimum Gasteiger partial charge on any atom is -0.346 e. The third-order valence-corrected chi connectivity index (χ3v) is 3.78. The van der Waals surface area contributed by atoms with Crippen molar-refractivity contribution in [1.82, 2.24) is 15.1 Å². The van der Waals surface area contributed by atoms with E-state index in [1.54, 1.807) is 4.68 Å². The zero-order chi connectivity index (χ0) is 16.8. The molecule has 1 heterocycles. The SMILES string of the molecule is CC(C)(C)NC(=O)c1nn(-c2ccc(F)c(F)c2)c2c1CCC2. The van der Waals surface area contributed by atoms with E-state index in [0.717, 1.165) is 42.7 Å². The molecule has 23 heavy (non-hydrogen) atoms. The van der Waals surface area contributed by atoms with Crippen LogP contribution in [-0.4, -0.2) is 21.2 Å². The lowest BCUT2D eigenvalue weighted by Crippen LogP contribution is -2.41. The van der Waals surface area contributed by atoms with Crippen LogP contribution in [0.2, 0.25) is 0 Å². The molecule has 1 N–H and O–H groups in total. The van der Waals surface area contributed by atoms with Crippen molar-refractivity contribution in [3.05, 3.63) is 46.8 Å². The van der Waals surface area contributed by atoms with Crippen LogP contribution in [0.15, 0.2) is 18.2 Å². The number of fused-ring (bicyclic) bond motifs is 1. The van der Waals surface area contributed by atoms with Crippen LogP contribution in [-0.2, 0) is 12.8 Å². The summed E-state index contributed by atoms with van der Waals surface area (Å²) < 4.78 is 28.2. The second-order valence-electron chi connectivity index (χ2n) is 6.84. The van der Waals surface area contributed by atoms with Gasteiger partial charge in [-0.2, -0.15) is 5.10 Å². The number of carbonyl (C=O) groups is 1. The van der Waals surface area contributed by atoms with Crippen molar-refractivity contribution in [3.63, 3.8) is 0 Å². The van der Waals surface area contributed by atoms with Crippen molar-refractivity contribution in [2.45, 2.75) is 45.6 Å². The summed E-state index contributed by atoms with van der Waals surface area (Å²) in [6, 6.07) is 3.64. The molecule has 0 atom stereocenters. The summed E-state index contributed by atoms with van der Waals surface area (Å²) in [5, 5.41) is 7.27. The predicted molar refractivity (Wildman–Crippen MR) is 82.7 cm³/mol. The van der Waals surface area contributed by atoms with Crippen LogP contribution in [0.25, 0.3) is 5.69 Å². The van der Waals surface area contributed by atoms with Gasteiger partial charge in [-0.15, -0.1) is 0 Å². The van der Waals surface area contributed by atoms with E-state index in [-0.39, 0.29) is 11.4 Å². The standard InChI is InChI=1S/C17H19F2N3O/c1-17(2,3)20-16(23)15-11-5-4-6-14(11)22(21-15)10-7-8-12(18)13(19)9-10/h7-9H,4-6H2,1-3H3,(H,20,23). The van der Waals surface area contributed by atoms with Gasteiger partial charge >= 0.3 is 0 Å². The Morgan fingerprint density at radius 2 is 1.96 bits per heavy atom. The summed E-state index contributed by atoms with van der Waals surface area (Å²) in [6.45, 7) is 5.70. The van der Waals surface area contributed by atoms with Gasteiger partial charge in [-0.05, 0) is 52.2 Å². The molecule has 122 valence electrons. The number of amides is 1. The van der Waals surface area contributed by atoms with Crippen LogP contribution in [0.4, 0.5) is 8.78 Å². The molecule has 0 saturated heterocycles. The van der Waals surface area contributed by atoms with E-state index in [1.807, 2.05) is 20.8 Å². The molecule has 0 spiro atoms. The second-order valence-corrected chi connectivity index (χ2v) is 6.84. The number of rotatable bonds is 2. The topological polar surface area (TPSA) is 46.9 Å². The maximum Gasteiger partial charge on any atom is 0.272 e. The summed E-state index contributed by atoms with van der Waals surface area (Å²) in [7, 11) is 0. The van der Waals surface area contributed by atoms with E-state index in [2.05, 4.69) is 10.4 Å². The Hall–Kier alpha value is -2.24. The minimum absolute atomic E-state index is 0.239. The number of hydrogen-bond donors (Lipinski definition) is 1. The Morgan fingerprint density at radius 3 is 2.61 bits per heavy atom. The molecule has 0 radical (unpaired) electrons. The molecule has 1 aliphatic rings. The fourth-order valence-corrected chi connectivity index (χ4v) is 2.85. The lowest BCUT2D eigenvalue weighted by molar-refractivity contribution is 0.0913. The number of nitrogens with one attached hydrogen (secondary N) is 1. The molecule has 0 aliphatic heterocycles. The van der Waals surface area contributed by atoms with E-state index in [9.17, 15) is 13.6 Å². The highest BCUT2D eigenvalue weighted by atomic mass is 19.2. The van der Waals surface area contributed by atoms with E-state index in [4.69, 9.17) is 0 Å². The van der Waals surface area contributed by atoms with Crippen LogP contribution in [0.1, 0.15) is 48.9 Å². The van der Waals surface area contributed by atoms with Crippen molar-refractivity contribution in [3.8, 4) is 5.69 Å². The average molecular weight is 319 g/mol. The Labute approximate surface area is 133 Å². The Balaban J connectivity index is 2.05. The molecule has 0 fully saturated rings. The molecule has 1 aromatic heterocycles. The molecule has 1 amide bonds. The second kappa shape index (κ2) is 5.44. The van der Waals surface area contributed by atoms with E-state index in [1.165, 1.54) is 6.07 Å². The van der Waals surface area contributed by atoms with Gasteiger partial charge in [-0.25, -0.2) is 13.5 Å². The Kier molecular flexibility index (Phi) is 3.70. The zero-order valence-electron chi connectivity index (χ0n) is 13.4. The largest absolute Gasteiger partial charge is 0.346 e. The number of benzene rings is 1. The summed E-state index contributed by atoms with van der Waals surface area (Å²) in [6.07, 6.45) is 2.46. The lowest BCUT2D eigenvalue weighted by Gasteiger charge is -2.19. The number of hydrogen-bond acceptors (Lipinski definition) is 2. The van der Waals surface area contributed by atoms with Gasteiger partial charge in [0.2, 0.25) is 0 Å². The molecule has 6 heteroatoms. The van der Waals surface area contributed by atoms with Crippen LogP contribution in [0.3, 0.4) is 0 Å². The molecule has 2 aromatic rings. The summed E-state index contributed by atoms with van der Waals surface area (Å²) >= 11 is 0. The van der Waals surface area contributed by atoms with Gasteiger partial charge in [-0.3, -0.25) is 4.79 Å². The third kappa shape index (κ3) is 2.98. The summed E-state index contributed by atoms with van der Waals surface area (Å²) in [5.41, 5.74) is 2.23. The monoisotopic (exact) mass is 319 g/mol. The Bertz CT molecular complexity index is 775. The zero-order valence-corrected chi connectivity index (χ0v) is 13.4. The summed E-state index contributed by atoms with van der Waals surface area (Å²) in [5.74, 6) is -2.06. The molecular formula is C17H19F2N3O. The van der Waals surface area contributed by atoms with Crippen molar-refractivity contribution in [2.24, 2.45) is 0 Å². The highest BCUT2D eigenvalue weighted by molar-refractivity contribution is 5.94.